The first-order chi connectivity index (χ1) is 32.9. The van der Waals surface area contributed by atoms with Crippen LogP contribution in [0.15, 0.2) is 102 Å². The lowest BCUT2D eigenvalue weighted by molar-refractivity contribution is -0.136. The predicted molar refractivity (Wildman–Crippen MR) is 254 cm³/mol. The summed E-state index contributed by atoms with van der Waals surface area (Å²) in [4.78, 5) is 72.4. The molecule has 2 N–H and O–H groups in total. The smallest absolute Gasteiger partial charge is 0.376 e. The number of aromatic nitrogens is 3. The Hall–Kier alpha value is -6.65. The van der Waals surface area contributed by atoms with Crippen LogP contribution >= 0.6 is 0 Å². The Morgan fingerprint density at radius 1 is 0.779 bits per heavy atom. The van der Waals surface area contributed by atoms with Crippen LogP contribution in [0.3, 0.4) is 0 Å². The van der Waals surface area contributed by atoms with Crippen molar-refractivity contribution < 1.29 is 32.3 Å². The highest BCUT2D eigenvalue weighted by Crippen LogP contribution is 2.37. The minimum absolute atomic E-state index is 0.0168. The van der Waals surface area contributed by atoms with E-state index in [0.717, 1.165) is 72.2 Å². The van der Waals surface area contributed by atoms with Crippen LogP contribution in [0.5, 0.6) is 0 Å². The normalized spacial score (nSPS) is 16.7. The number of carbonyl (C=O) groups excluding carboxylic acids is 3. The number of carbonyl (C=O) groups is 3. The van der Waals surface area contributed by atoms with Crippen molar-refractivity contribution >= 4 is 45.2 Å². The third kappa shape index (κ3) is 10.4. The average Bonchev–Trinajstić information content (AvgIpc) is 3.37. The molecule has 0 bridgehead atoms. The number of nitrogens with one attached hydrogen (secondary N) is 2. The number of anilines is 1. The van der Waals surface area contributed by atoms with Crippen molar-refractivity contribution in [3.05, 3.63) is 147 Å². The van der Waals surface area contributed by atoms with Crippen LogP contribution in [0.1, 0.15) is 92.0 Å². The van der Waals surface area contributed by atoms with Gasteiger partial charge in [-0.25, -0.2) is 4.98 Å². The summed E-state index contributed by atoms with van der Waals surface area (Å²) in [5.74, 6) is -0.391. The molecule has 0 spiro atoms. The highest BCUT2D eigenvalue weighted by atomic mass is 19.4. The number of hydrogen-bond donors (Lipinski definition) is 2. The Kier molecular flexibility index (Phi) is 13.9. The Morgan fingerprint density at radius 2 is 1.49 bits per heavy atom. The molecule has 0 saturated carbocycles. The van der Waals surface area contributed by atoms with Gasteiger partial charge < -0.3 is 29.7 Å². The summed E-state index contributed by atoms with van der Waals surface area (Å²) in [5, 5.41) is 3.24. The molecule has 16 heteroatoms. The minimum atomic E-state index is -4.52. The summed E-state index contributed by atoms with van der Waals surface area (Å²) < 4.78 is 47.0. The predicted octanol–water partition coefficient (Wildman–Crippen LogP) is 7.45. The van der Waals surface area contributed by atoms with E-state index in [1.54, 1.807) is 41.4 Å². The lowest BCUT2D eigenvalue weighted by Gasteiger charge is -2.36. The van der Waals surface area contributed by atoms with Crippen molar-refractivity contribution in [2.75, 3.05) is 70.4 Å². The summed E-state index contributed by atoms with van der Waals surface area (Å²) >= 11 is 0. The molecule has 3 amide bonds. The van der Waals surface area contributed by atoms with Crippen LogP contribution in [0.4, 0.5) is 18.9 Å². The topological polar surface area (TPSA) is 144 Å². The number of rotatable bonds is 12. The van der Waals surface area contributed by atoms with Crippen molar-refractivity contribution in [1.29, 1.82) is 0 Å². The Balaban J connectivity index is 0.663. The van der Waals surface area contributed by atoms with E-state index in [-0.39, 0.29) is 46.3 Å². The number of amides is 3. The number of hydrogen-bond acceptors (Lipinski definition) is 9. The van der Waals surface area contributed by atoms with E-state index in [4.69, 9.17) is 4.74 Å². The first-order valence-electron chi connectivity index (χ1n) is 23.5. The summed E-state index contributed by atoms with van der Waals surface area (Å²) in [7, 11) is 0. The van der Waals surface area contributed by atoms with Gasteiger partial charge in [-0.3, -0.25) is 29.1 Å². The molecule has 6 aromatic rings. The van der Waals surface area contributed by atoms with E-state index >= 15 is 0 Å². The molecular formula is C52H55F3N8O5. The standard InChI is InChI=1S/C52H55F3N8O5/c1-2-35-30-46-47(59-49(35)65)29-34(31-57-46)33-60-24-26-61(27-25-60)39-13-14-45(58-32-39)51(67)63-22-17-40(18-23-63)68-28-19-56-48(64)38-11-9-36(10-12-38)37-15-20-62(21-16-37)50(66)43-7-3-6-42-41(43)5-4-8-44(42)52(53,54)55/h3-14,29-32,37,40H,2,15-28,33H2,1H3,(H,56,64)(H,59,65). The maximum absolute atomic E-state index is 13.6. The number of halogens is 3. The first kappa shape index (κ1) is 46.5. The van der Waals surface area contributed by atoms with Gasteiger partial charge in [-0.15, -0.1) is 0 Å². The monoisotopic (exact) mass is 928 g/mol. The SMILES string of the molecule is CCc1cc2ncc(CN3CCN(c4ccc(C(=O)N5CCC(OCCNC(=O)c6ccc(C7CCN(C(=O)c8cccc9c(C(F)(F)F)cccc89)CC7)cc6)CC5)nc4)CC3)cc2[nH]c1=O. The first-order valence-corrected chi connectivity index (χ1v) is 23.5. The number of likely N-dealkylation sites (tertiary alicyclic amines) is 2. The average molecular weight is 929 g/mol. The molecule has 0 unspecified atom stereocenters. The molecule has 3 fully saturated rings. The van der Waals surface area contributed by atoms with Gasteiger partial charge in [0.1, 0.15) is 5.69 Å². The van der Waals surface area contributed by atoms with E-state index < -0.39 is 11.7 Å². The summed E-state index contributed by atoms with van der Waals surface area (Å²) in [6.07, 6.45) is 2.58. The molecule has 68 heavy (non-hydrogen) atoms. The van der Waals surface area contributed by atoms with Crippen molar-refractivity contribution in [1.82, 2.24) is 35.0 Å². The largest absolute Gasteiger partial charge is 0.417 e. The number of H-pyrrole nitrogens is 1. The zero-order valence-corrected chi connectivity index (χ0v) is 38.1. The molecule has 0 aliphatic carbocycles. The van der Waals surface area contributed by atoms with Gasteiger partial charge in [0, 0.05) is 88.3 Å². The molecule has 13 nitrogen and oxygen atoms in total. The Bertz CT molecular complexity index is 2830. The number of piperidine rings is 2. The number of aromatic amines is 1. The maximum Gasteiger partial charge on any atom is 0.417 e. The number of pyridine rings is 3. The number of nitrogens with zero attached hydrogens (tertiary/aromatic N) is 6. The van der Waals surface area contributed by atoms with E-state index in [2.05, 4.69) is 30.1 Å². The zero-order valence-electron chi connectivity index (χ0n) is 38.1. The fourth-order valence-electron chi connectivity index (χ4n) is 9.75. The molecule has 3 aliphatic rings. The number of alkyl halides is 3. The van der Waals surface area contributed by atoms with Crippen LogP contribution in [-0.2, 0) is 23.9 Å². The molecule has 3 saturated heterocycles. The van der Waals surface area contributed by atoms with E-state index in [1.807, 2.05) is 48.4 Å². The second-order valence-corrected chi connectivity index (χ2v) is 17.9. The number of benzene rings is 3. The van der Waals surface area contributed by atoms with Gasteiger partial charge in [-0.05, 0) is 108 Å². The van der Waals surface area contributed by atoms with Crippen LogP contribution < -0.4 is 15.8 Å². The molecule has 9 rings (SSSR count). The third-order valence-electron chi connectivity index (χ3n) is 13.7. The number of ether oxygens (including phenoxy) is 1. The number of aryl methyl sites for hydroxylation is 1. The Labute approximate surface area is 392 Å². The second-order valence-electron chi connectivity index (χ2n) is 17.9. The minimum Gasteiger partial charge on any atom is -0.376 e. The van der Waals surface area contributed by atoms with Gasteiger partial charge in [-0.2, -0.15) is 13.2 Å². The third-order valence-corrected chi connectivity index (χ3v) is 13.7. The van der Waals surface area contributed by atoms with E-state index in [9.17, 15) is 32.3 Å². The van der Waals surface area contributed by atoms with Crippen molar-refractivity contribution in [3.8, 4) is 0 Å². The lowest BCUT2D eigenvalue weighted by Crippen LogP contribution is -2.46. The maximum atomic E-state index is 13.6. The molecule has 3 aromatic heterocycles. The van der Waals surface area contributed by atoms with Gasteiger partial charge in [-0.1, -0.05) is 43.3 Å². The number of piperazine rings is 1. The highest BCUT2D eigenvalue weighted by molar-refractivity contribution is 6.08. The molecular weight excluding hydrogens is 874 g/mol. The van der Waals surface area contributed by atoms with Gasteiger partial charge in [0.2, 0.25) is 0 Å². The summed E-state index contributed by atoms with van der Waals surface area (Å²) in [5.41, 5.74) is 5.80. The van der Waals surface area contributed by atoms with Gasteiger partial charge >= 0.3 is 6.18 Å². The van der Waals surface area contributed by atoms with Crippen molar-refractivity contribution in [3.63, 3.8) is 0 Å². The second kappa shape index (κ2) is 20.3. The molecule has 0 radical (unpaired) electrons. The fourth-order valence-corrected chi connectivity index (χ4v) is 9.75. The molecule has 3 aromatic carbocycles. The van der Waals surface area contributed by atoms with Gasteiger partial charge in [0.05, 0.1) is 41.2 Å². The summed E-state index contributed by atoms with van der Waals surface area (Å²) in [6, 6.07) is 23.6. The summed E-state index contributed by atoms with van der Waals surface area (Å²) in [6.45, 7) is 8.83. The van der Waals surface area contributed by atoms with Gasteiger partial charge in [0.15, 0.2) is 0 Å². The molecule has 3 aliphatic heterocycles. The van der Waals surface area contributed by atoms with Crippen LogP contribution in [0.25, 0.3) is 21.8 Å². The van der Waals surface area contributed by atoms with E-state index in [0.29, 0.717) is 88.1 Å². The van der Waals surface area contributed by atoms with Gasteiger partial charge in [0.25, 0.3) is 23.3 Å². The molecule has 354 valence electrons. The highest BCUT2D eigenvalue weighted by Gasteiger charge is 2.34. The lowest BCUT2D eigenvalue weighted by atomic mass is 9.88. The number of fused-ring (bicyclic) bond motifs is 2. The van der Waals surface area contributed by atoms with Crippen molar-refractivity contribution in [2.45, 2.75) is 63.8 Å². The fraction of sp³-hybridized carbons (Fsp3) is 0.385. The Morgan fingerprint density at radius 3 is 2.19 bits per heavy atom. The zero-order chi connectivity index (χ0) is 47.4. The quantitative estimate of drug-likeness (QED) is 0.120. The van der Waals surface area contributed by atoms with Crippen LogP contribution in [0, 0.1) is 0 Å². The van der Waals surface area contributed by atoms with E-state index in [1.165, 1.54) is 18.2 Å². The van der Waals surface area contributed by atoms with Crippen LogP contribution in [-0.4, -0.2) is 119 Å². The van der Waals surface area contributed by atoms with Crippen molar-refractivity contribution in [2.24, 2.45) is 0 Å². The molecule has 0 atom stereocenters. The van der Waals surface area contributed by atoms with Crippen LogP contribution in [0.2, 0.25) is 0 Å². The molecule has 6 heterocycles.